The van der Waals surface area contributed by atoms with Gasteiger partial charge in [0.15, 0.2) is 22.9 Å². The molecule has 0 saturated carbocycles. The van der Waals surface area contributed by atoms with Crippen molar-refractivity contribution in [1.29, 1.82) is 0 Å². The predicted molar refractivity (Wildman–Crippen MR) is 178 cm³/mol. The number of hydrogen-bond donors (Lipinski definition) is 2. The van der Waals surface area contributed by atoms with Gasteiger partial charge in [-0.1, -0.05) is 67.6 Å². The summed E-state index contributed by atoms with van der Waals surface area (Å²) in [5, 5.41) is 12.0. The third-order valence-electron chi connectivity index (χ3n) is 7.11. The molecule has 1 aliphatic rings. The average Bonchev–Trinajstić information content (AvgIpc) is 3.29. The Morgan fingerprint density at radius 2 is 1.84 bits per heavy atom. The maximum absolute atomic E-state index is 14.1. The number of carboxylic acid groups (broad SMARTS) is 1. The van der Waals surface area contributed by atoms with Crippen molar-refractivity contribution in [3.63, 3.8) is 0 Å². The van der Waals surface area contributed by atoms with E-state index >= 15 is 0 Å². The first kappa shape index (κ1) is 31.2. The molecule has 2 heterocycles. The van der Waals surface area contributed by atoms with E-state index in [1.54, 1.807) is 29.7 Å². The monoisotopic (exact) mass is 723 g/mol. The van der Waals surface area contributed by atoms with Crippen molar-refractivity contribution in [1.82, 2.24) is 4.57 Å². The summed E-state index contributed by atoms with van der Waals surface area (Å²) in [6, 6.07) is 19.9. The predicted octanol–water partition coefficient (Wildman–Crippen LogP) is 5.07. The van der Waals surface area contributed by atoms with E-state index in [0.717, 1.165) is 11.1 Å². The van der Waals surface area contributed by atoms with E-state index in [4.69, 9.17) is 19.6 Å². The minimum Gasteiger partial charge on any atom is -0.493 e. The second-order valence-electron chi connectivity index (χ2n) is 10.4. The molecule has 0 aliphatic carbocycles. The molecule has 3 aromatic carbocycles. The van der Waals surface area contributed by atoms with Gasteiger partial charge in [0, 0.05) is 5.69 Å². The van der Waals surface area contributed by atoms with Gasteiger partial charge in [0.05, 0.1) is 32.5 Å². The molecule has 4 aromatic rings. The Morgan fingerprint density at radius 3 is 2.48 bits per heavy atom. The van der Waals surface area contributed by atoms with Crippen LogP contribution in [-0.4, -0.2) is 35.3 Å². The van der Waals surface area contributed by atoms with Gasteiger partial charge >= 0.3 is 5.97 Å². The number of rotatable bonds is 9. The molecular weight excluding hydrogens is 693 g/mol. The third-order valence-corrected chi connectivity index (χ3v) is 8.89. The van der Waals surface area contributed by atoms with Crippen LogP contribution in [0.4, 0.5) is 5.69 Å². The Morgan fingerprint density at radius 1 is 1.14 bits per heavy atom. The number of anilines is 1. The highest BCUT2D eigenvalue weighted by molar-refractivity contribution is 14.1. The standard InChI is InChI=1S/C33H30IN3O6S/c1-18(2)21-10-12-22(13-11-21)29-28(31(40)36-23-8-6-5-7-9-23)19(3)35-33-37(29)32(41)26(44-33)16-20-14-24(34)30(25(15-20)42-4)43-17-27(38)39/h5-16,18,29H,17H2,1-4H3,(H,36,40)(H,38,39)/b26-16-/t29-/m0/s1. The van der Waals surface area contributed by atoms with E-state index in [9.17, 15) is 14.4 Å². The van der Waals surface area contributed by atoms with Gasteiger partial charge in [-0.25, -0.2) is 9.79 Å². The summed E-state index contributed by atoms with van der Waals surface area (Å²) in [5.41, 5.74) is 3.88. The molecule has 11 heteroatoms. The zero-order valence-electron chi connectivity index (χ0n) is 24.5. The SMILES string of the molecule is COc1cc(/C=c2\sc3n(c2=O)[C@@H](c2ccc(C(C)C)cc2)C(C(=O)Nc2ccccc2)=C(C)N=3)cc(I)c1OCC(=O)O. The number of thiazole rings is 1. The van der Waals surface area contributed by atoms with Gasteiger partial charge in [-0.3, -0.25) is 14.2 Å². The maximum Gasteiger partial charge on any atom is 0.341 e. The number of nitrogens with zero attached hydrogens (tertiary/aromatic N) is 2. The summed E-state index contributed by atoms with van der Waals surface area (Å²) in [5.74, 6) is -0.459. The van der Waals surface area contributed by atoms with E-state index in [1.165, 1.54) is 18.4 Å². The fourth-order valence-electron chi connectivity index (χ4n) is 4.96. The number of carbonyl (C=O) groups is 2. The van der Waals surface area contributed by atoms with Crippen molar-refractivity contribution < 1.29 is 24.2 Å². The average molecular weight is 724 g/mol. The Hall–Kier alpha value is -4.23. The third kappa shape index (κ3) is 6.48. The lowest BCUT2D eigenvalue weighted by Crippen LogP contribution is -2.40. The summed E-state index contributed by atoms with van der Waals surface area (Å²) in [4.78, 5) is 44.1. The van der Waals surface area contributed by atoms with Gasteiger partial charge in [-0.15, -0.1) is 0 Å². The van der Waals surface area contributed by atoms with E-state index in [1.807, 2.05) is 77.2 Å². The van der Waals surface area contributed by atoms with Crippen LogP contribution in [-0.2, 0) is 9.59 Å². The number of allylic oxidation sites excluding steroid dienone is 1. The van der Waals surface area contributed by atoms with E-state index in [2.05, 4.69) is 19.2 Å². The number of nitrogens with one attached hydrogen (secondary N) is 1. The number of amides is 1. The number of fused-ring (bicyclic) bond motifs is 1. The van der Waals surface area contributed by atoms with E-state index in [-0.39, 0.29) is 11.5 Å². The van der Waals surface area contributed by atoms with Gasteiger partial charge in [0.1, 0.15) is 0 Å². The molecule has 1 aromatic heterocycles. The van der Waals surface area contributed by atoms with Crippen LogP contribution in [0.15, 0.2) is 87.8 Å². The molecule has 9 nitrogen and oxygen atoms in total. The number of halogens is 1. The summed E-state index contributed by atoms with van der Waals surface area (Å²) < 4.78 is 13.5. The van der Waals surface area contributed by atoms with Crippen molar-refractivity contribution in [3.05, 3.63) is 118 Å². The van der Waals surface area contributed by atoms with Crippen molar-refractivity contribution in [2.75, 3.05) is 19.0 Å². The molecule has 1 aliphatic heterocycles. The second-order valence-corrected chi connectivity index (χ2v) is 12.6. The summed E-state index contributed by atoms with van der Waals surface area (Å²) >= 11 is 3.27. The Labute approximate surface area is 271 Å². The fraction of sp³-hybridized carbons (Fsp3) is 0.212. The number of aliphatic carboxylic acids is 1. The van der Waals surface area contributed by atoms with Crippen LogP contribution >= 0.6 is 33.9 Å². The molecule has 1 amide bonds. The highest BCUT2D eigenvalue weighted by atomic mass is 127. The summed E-state index contributed by atoms with van der Waals surface area (Å²) in [6.07, 6.45) is 1.73. The zero-order valence-corrected chi connectivity index (χ0v) is 27.4. The normalized spacial score (nSPS) is 14.7. The number of carboxylic acids is 1. The van der Waals surface area contributed by atoms with E-state index in [0.29, 0.717) is 52.8 Å². The lowest BCUT2D eigenvalue weighted by atomic mass is 9.93. The van der Waals surface area contributed by atoms with E-state index < -0.39 is 18.6 Å². The summed E-state index contributed by atoms with van der Waals surface area (Å²) in [7, 11) is 1.46. The molecular formula is C33H30IN3O6S. The van der Waals surface area contributed by atoms with Crippen LogP contribution in [0.1, 0.15) is 49.4 Å². The topological polar surface area (TPSA) is 119 Å². The number of ether oxygens (including phenoxy) is 2. The van der Waals surface area contributed by atoms with Crippen molar-refractivity contribution in [2.45, 2.75) is 32.7 Å². The molecule has 2 N–H and O–H groups in total. The minimum absolute atomic E-state index is 0.288. The van der Waals surface area contributed by atoms with Crippen molar-refractivity contribution in [3.8, 4) is 11.5 Å². The Kier molecular flexibility index (Phi) is 9.35. The first-order valence-electron chi connectivity index (χ1n) is 13.8. The number of methoxy groups -OCH3 is 1. The number of benzene rings is 3. The first-order chi connectivity index (χ1) is 21.1. The molecule has 1 atom stereocenters. The smallest absolute Gasteiger partial charge is 0.341 e. The Balaban J connectivity index is 1.63. The van der Waals surface area contributed by atoms with Crippen LogP contribution in [0.2, 0.25) is 0 Å². The maximum atomic E-state index is 14.1. The van der Waals surface area contributed by atoms with Crippen LogP contribution in [0.25, 0.3) is 6.08 Å². The molecule has 226 valence electrons. The van der Waals surface area contributed by atoms with Gasteiger partial charge < -0.3 is 19.9 Å². The van der Waals surface area contributed by atoms with Gasteiger partial charge in [-0.05, 0) is 82.5 Å². The van der Waals surface area contributed by atoms with Crippen LogP contribution < -0.4 is 29.7 Å². The molecule has 5 rings (SSSR count). The quantitative estimate of drug-likeness (QED) is 0.233. The number of carbonyl (C=O) groups excluding carboxylic acids is 1. The lowest BCUT2D eigenvalue weighted by Gasteiger charge is -2.25. The number of aromatic nitrogens is 1. The van der Waals surface area contributed by atoms with Crippen molar-refractivity contribution in [2.24, 2.45) is 4.99 Å². The molecule has 44 heavy (non-hydrogen) atoms. The minimum atomic E-state index is -1.10. The lowest BCUT2D eigenvalue weighted by molar-refractivity contribution is -0.139. The highest BCUT2D eigenvalue weighted by Gasteiger charge is 2.32. The van der Waals surface area contributed by atoms with Gasteiger partial charge in [0.25, 0.3) is 11.5 Å². The highest BCUT2D eigenvalue weighted by Crippen LogP contribution is 2.35. The van der Waals surface area contributed by atoms with Gasteiger partial charge in [-0.2, -0.15) is 0 Å². The van der Waals surface area contributed by atoms with Crippen molar-refractivity contribution >= 4 is 57.6 Å². The number of hydrogen-bond acceptors (Lipinski definition) is 7. The fourth-order valence-corrected chi connectivity index (χ4v) is 6.79. The Bertz CT molecular complexity index is 1950. The molecule has 0 saturated heterocycles. The van der Waals surface area contributed by atoms with Crippen LogP contribution in [0, 0.1) is 3.57 Å². The van der Waals surface area contributed by atoms with Gasteiger partial charge in [0.2, 0.25) is 0 Å². The molecule has 0 bridgehead atoms. The molecule has 0 spiro atoms. The zero-order chi connectivity index (χ0) is 31.5. The molecule has 0 fully saturated rings. The second kappa shape index (κ2) is 13.2. The largest absolute Gasteiger partial charge is 0.493 e. The number of para-hydroxylation sites is 1. The summed E-state index contributed by atoms with van der Waals surface area (Å²) in [6.45, 7) is 5.50. The molecule has 0 radical (unpaired) electrons. The first-order valence-corrected chi connectivity index (χ1v) is 15.7. The molecule has 0 unspecified atom stereocenters. The van der Waals surface area contributed by atoms with Crippen LogP contribution in [0.5, 0.6) is 11.5 Å². The van der Waals surface area contributed by atoms with Crippen LogP contribution in [0.3, 0.4) is 0 Å².